The van der Waals surface area contributed by atoms with Gasteiger partial charge in [-0.15, -0.1) is 0 Å². The first-order valence-electron chi connectivity index (χ1n) is 11.0. The van der Waals surface area contributed by atoms with Crippen LogP contribution in [0.1, 0.15) is 31.0 Å². The number of hydrogen-bond acceptors (Lipinski definition) is 5. The van der Waals surface area contributed by atoms with Crippen LogP contribution in [0.5, 0.6) is 11.5 Å². The molecule has 7 heteroatoms. The van der Waals surface area contributed by atoms with Crippen molar-refractivity contribution in [1.29, 1.82) is 0 Å². The number of hydrogen-bond donors (Lipinski definition) is 1. The third kappa shape index (κ3) is 4.12. The van der Waals surface area contributed by atoms with E-state index in [1.165, 1.54) is 23.1 Å². The van der Waals surface area contributed by atoms with E-state index in [1.807, 2.05) is 6.92 Å². The molecule has 0 aromatic heterocycles. The van der Waals surface area contributed by atoms with Crippen molar-refractivity contribution < 1.29 is 28.6 Å². The maximum atomic E-state index is 15.0. The molecule has 0 aliphatic carbocycles. The Balaban J connectivity index is 1.96. The molecule has 1 aliphatic heterocycles. The van der Waals surface area contributed by atoms with Gasteiger partial charge in [-0.1, -0.05) is 36.4 Å². The molecule has 1 amide bonds. The second-order valence-corrected chi connectivity index (χ2v) is 7.55. The molecule has 1 fully saturated rings. The van der Waals surface area contributed by atoms with Crippen molar-refractivity contribution in [2.75, 3.05) is 18.1 Å². The van der Waals surface area contributed by atoms with Gasteiger partial charge in [-0.2, -0.15) is 0 Å². The molecule has 1 saturated heterocycles. The molecule has 0 spiro atoms. The molecule has 3 aromatic carbocycles. The molecule has 1 atom stereocenters. The van der Waals surface area contributed by atoms with Crippen LogP contribution in [-0.4, -0.2) is 30.0 Å². The second-order valence-electron chi connectivity index (χ2n) is 7.55. The molecular formula is C27H24FNO5. The lowest BCUT2D eigenvalue weighted by Gasteiger charge is -2.25. The highest BCUT2D eigenvalue weighted by molar-refractivity contribution is 6.51. The molecule has 0 saturated carbocycles. The highest BCUT2D eigenvalue weighted by Crippen LogP contribution is 2.44. The molecule has 6 nitrogen and oxygen atoms in total. The van der Waals surface area contributed by atoms with Crippen molar-refractivity contribution >= 4 is 23.1 Å². The standard InChI is InChI=1S/C27H24FNO5/c1-3-33-18-14-15-20(22(16-18)34-4-2)25(30)23-24(19-12-8-9-13-21(19)28)29(27(32)26(23)31)17-10-6-5-7-11-17/h5-16,24,30H,3-4H2,1-2H3/b25-23+. The van der Waals surface area contributed by atoms with Crippen LogP contribution in [0, 0.1) is 5.82 Å². The number of ketones is 1. The number of aliphatic hydroxyl groups excluding tert-OH is 1. The number of benzene rings is 3. The highest BCUT2D eigenvalue weighted by Gasteiger charge is 2.48. The summed E-state index contributed by atoms with van der Waals surface area (Å²) in [6, 6.07) is 18.0. The summed E-state index contributed by atoms with van der Waals surface area (Å²) < 4.78 is 26.2. The van der Waals surface area contributed by atoms with Gasteiger partial charge in [0.25, 0.3) is 11.7 Å². The molecule has 34 heavy (non-hydrogen) atoms. The van der Waals surface area contributed by atoms with Gasteiger partial charge in [-0.05, 0) is 44.2 Å². The molecule has 0 bridgehead atoms. The minimum Gasteiger partial charge on any atom is -0.507 e. The zero-order valence-electron chi connectivity index (χ0n) is 18.8. The Morgan fingerprint density at radius 3 is 2.29 bits per heavy atom. The Hall–Kier alpha value is -4.13. The van der Waals surface area contributed by atoms with Gasteiger partial charge in [0.1, 0.15) is 23.1 Å². The summed E-state index contributed by atoms with van der Waals surface area (Å²) in [5.41, 5.74) is 0.492. The lowest BCUT2D eigenvalue weighted by molar-refractivity contribution is -0.132. The number of carbonyl (C=O) groups excluding carboxylic acids is 2. The quantitative estimate of drug-likeness (QED) is 0.296. The van der Waals surface area contributed by atoms with Gasteiger partial charge in [0, 0.05) is 17.3 Å². The first-order chi connectivity index (χ1) is 16.5. The van der Waals surface area contributed by atoms with Crippen molar-refractivity contribution in [2.45, 2.75) is 19.9 Å². The SMILES string of the molecule is CCOc1ccc(/C(O)=C2\C(=O)C(=O)N(c3ccccc3)C2c2ccccc2F)c(OCC)c1. The number of Topliss-reactive ketones (excluding diaryl/α,β-unsaturated/α-hetero) is 1. The summed E-state index contributed by atoms with van der Waals surface area (Å²) in [5.74, 6) is -2.01. The maximum absolute atomic E-state index is 15.0. The molecule has 1 unspecified atom stereocenters. The third-order valence-corrected chi connectivity index (χ3v) is 5.50. The van der Waals surface area contributed by atoms with Gasteiger partial charge >= 0.3 is 0 Å². The monoisotopic (exact) mass is 461 g/mol. The summed E-state index contributed by atoms with van der Waals surface area (Å²) in [5, 5.41) is 11.4. The predicted octanol–water partition coefficient (Wildman–Crippen LogP) is 5.25. The van der Waals surface area contributed by atoms with E-state index in [0.29, 0.717) is 24.7 Å². The number of rotatable bonds is 7. The van der Waals surface area contributed by atoms with E-state index in [9.17, 15) is 19.1 Å². The van der Waals surface area contributed by atoms with Gasteiger partial charge in [-0.25, -0.2) is 4.39 Å². The lowest BCUT2D eigenvalue weighted by Crippen LogP contribution is -2.29. The van der Waals surface area contributed by atoms with Crippen LogP contribution < -0.4 is 14.4 Å². The molecule has 174 valence electrons. The zero-order chi connectivity index (χ0) is 24.2. The van der Waals surface area contributed by atoms with E-state index >= 15 is 0 Å². The van der Waals surface area contributed by atoms with Gasteiger partial charge in [0.15, 0.2) is 0 Å². The van der Waals surface area contributed by atoms with Crippen LogP contribution in [0.4, 0.5) is 10.1 Å². The lowest BCUT2D eigenvalue weighted by atomic mass is 9.94. The number of amides is 1. The first kappa shape index (κ1) is 23.0. The second kappa shape index (κ2) is 9.79. The largest absolute Gasteiger partial charge is 0.507 e. The fraction of sp³-hybridized carbons (Fsp3) is 0.185. The minimum absolute atomic E-state index is 0.0935. The number of ether oxygens (including phenoxy) is 2. The molecule has 4 rings (SSSR count). The van der Waals surface area contributed by atoms with E-state index < -0.39 is 29.3 Å². The van der Waals surface area contributed by atoms with Crippen LogP contribution in [-0.2, 0) is 9.59 Å². The van der Waals surface area contributed by atoms with Crippen molar-refractivity contribution in [3.8, 4) is 11.5 Å². The van der Waals surface area contributed by atoms with E-state index in [4.69, 9.17) is 9.47 Å². The Morgan fingerprint density at radius 1 is 0.941 bits per heavy atom. The fourth-order valence-corrected chi connectivity index (χ4v) is 4.05. The summed E-state index contributed by atoms with van der Waals surface area (Å²) >= 11 is 0. The Labute approximate surface area is 196 Å². The molecule has 1 aliphatic rings. The van der Waals surface area contributed by atoms with Crippen LogP contribution in [0.2, 0.25) is 0 Å². The van der Waals surface area contributed by atoms with E-state index in [-0.39, 0.29) is 22.4 Å². The van der Waals surface area contributed by atoms with Crippen molar-refractivity contribution in [1.82, 2.24) is 0 Å². The number of halogens is 1. The van der Waals surface area contributed by atoms with Crippen molar-refractivity contribution in [3.63, 3.8) is 0 Å². The van der Waals surface area contributed by atoms with Crippen LogP contribution in [0.25, 0.3) is 5.76 Å². The molecule has 3 aromatic rings. The van der Waals surface area contributed by atoms with Gasteiger partial charge in [0.2, 0.25) is 0 Å². The fourth-order valence-electron chi connectivity index (χ4n) is 4.05. The summed E-state index contributed by atoms with van der Waals surface area (Å²) in [4.78, 5) is 27.6. The van der Waals surface area contributed by atoms with E-state index in [1.54, 1.807) is 61.5 Å². The Morgan fingerprint density at radius 2 is 1.62 bits per heavy atom. The topological polar surface area (TPSA) is 76.1 Å². The summed E-state index contributed by atoms with van der Waals surface area (Å²) in [6.45, 7) is 4.36. The molecule has 1 N–H and O–H groups in total. The first-order valence-corrected chi connectivity index (χ1v) is 11.0. The van der Waals surface area contributed by atoms with Gasteiger partial charge in [0.05, 0.1) is 30.4 Å². The smallest absolute Gasteiger partial charge is 0.300 e. The molecule has 1 heterocycles. The highest BCUT2D eigenvalue weighted by atomic mass is 19.1. The molecule has 0 radical (unpaired) electrons. The minimum atomic E-state index is -1.16. The number of aliphatic hydroxyl groups is 1. The van der Waals surface area contributed by atoms with Crippen molar-refractivity contribution in [2.24, 2.45) is 0 Å². The number of nitrogens with zero attached hydrogens (tertiary/aromatic N) is 1. The summed E-state index contributed by atoms with van der Waals surface area (Å²) in [6.07, 6.45) is 0. The van der Waals surface area contributed by atoms with Crippen molar-refractivity contribution in [3.05, 3.63) is 95.3 Å². The van der Waals surface area contributed by atoms with E-state index in [0.717, 1.165) is 0 Å². The average Bonchev–Trinajstić information content (AvgIpc) is 3.10. The normalized spacial score (nSPS) is 17.1. The van der Waals surface area contributed by atoms with Gasteiger partial charge < -0.3 is 14.6 Å². The number of anilines is 1. The predicted molar refractivity (Wildman–Crippen MR) is 126 cm³/mol. The zero-order valence-corrected chi connectivity index (χ0v) is 18.8. The Bertz CT molecular complexity index is 1250. The van der Waals surface area contributed by atoms with E-state index in [2.05, 4.69) is 0 Å². The van der Waals surface area contributed by atoms with Crippen LogP contribution in [0.3, 0.4) is 0 Å². The Kier molecular flexibility index (Phi) is 6.63. The number of carbonyl (C=O) groups is 2. The third-order valence-electron chi connectivity index (χ3n) is 5.50. The van der Waals surface area contributed by atoms with Crippen LogP contribution in [0.15, 0.2) is 78.4 Å². The summed E-state index contributed by atoms with van der Waals surface area (Å²) in [7, 11) is 0. The van der Waals surface area contributed by atoms with Crippen LogP contribution >= 0.6 is 0 Å². The number of para-hydroxylation sites is 1. The van der Waals surface area contributed by atoms with Gasteiger partial charge in [-0.3, -0.25) is 14.5 Å². The average molecular weight is 461 g/mol. The maximum Gasteiger partial charge on any atom is 0.300 e. The molecular weight excluding hydrogens is 437 g/mol.